The van der Waals surface area contributed by atoms with Crippen molar-refractivity contribution in [3.05, 3.63) is 35.9 Å². The summed E-state index contributed by atoms with van der Waals surface area (Å²) in [5.41, 5.74) is 1.25. The number of ketones is 1. The van der Waals surface area contributed by atoms with Crippen LogP contribution < -0.4 is 0 Å². The van der Waals surface area contributed by atoms with E-state index in [0.717, 1.165) is 6.54 Å². The molecule has 0 fully saturated rings. The third-order valence-electron chi connectivity index (χ3n) is 2.37. The van der Waals surface area contributed by atoms with Gasteiger partial charge in [-0.2, -0.15) is 0 Å². The molecule has 1 aromatic carbocycles. The Hall–Kier alpha value is -1.15. The van der Waals surface area contributed by atoms with E-state index >= 15 is 0 Å². The number of carbonyl (C=O) groups excluding carboxylic acids is 1. The molecule has 0 aromatic heterocycles. The summed E-state index contributed by atoms with van der Waals surface area (Å²) in [6.45, 7) is 9.25. The van der Waals surface area contributed by atoms with Gasteiger partial charge in [0, 0.05) is 12.5 Å². The Morgan fingerprint density at radius 2 is 1.71 bits per heavy atom. The van der Waals surface area contributed by atoms with Crippen LogP contribution in [0.15, 0.2) is 30.3 Å². The molecule has 96 valence electrons. The van der Waals surface area contributed by atoms with E-state index < -0.39 is 0 Å². The topological polar surface area (TPSA) is 20.3 Å². The van der Waals surface area contributed by atoms with Crippen LogP contribution in [0, 0.1) is 5.92 Å². The highest BCUT2D eigenvalue weighted by Gasteiger charge is 2.10. The third kappa shape index (κ3) is 6.90. The van der Waals surface area contributed by atoms with E-state index in [0.29, 0.717) is 12.3 Å². The number of Topliss-reactive ketones (excluding diaryl/α,β-unsaturated/α-hetero) is 1. The zero-order valence-electron chi connectivity index (χ0n) is 11.7. The van der Waals surface area contributed by atoms with Gasteiger partial charge in [-0.1, -0.05) is 58.0 Å². The molecule has 0 aliphatic carbocycles. The van der Waals surface area contributed by atoms with E-state index in [1.54, 1.807) is 0 Å². The Kier molecular flexibility index (Phi) is 8.34. The lowest BCUT2D eigenvalue weighted by molar-refractivity contribution is -0.122. The molecule has 2 nitrogen and oxygen atoms in total. The molecule has 2 heteroatoms. The van der Waals surface area contributed by atoms with Crippen molar-refractivity contribution in [1.29, 1.82) is 0 Å². The van der Waals surface area contributed by atoms with Gasteiger partial charge in [-0.05, 0) is 12.6 Å². The predicted molar refractivity (Wildman–Crippen MR) is 74.0 cm³/mol. The Morgan fingerprint density at radius 3 is 2.18 bits per heavy atom. The van der Waals surface area contributed by atoms with Gasteiger partial charge in [0.1, 0.15) is 5.78 Å². The average molecular weight is 235 g/mol. The molecule has 1 rings (SSSR count). The molecular weight excluding hydrogens is 210 g/mol. The SMILES string of the molecule is CC.CC(C)C(=O)CN(C)Cc1ccccc1. The highest BCUT2D eigenvalue weighted by Crippen LogP contribution is 2.04. The second kappa shape index (κ2) is 8.94. The number of nitrogens with zero attached hydrogens (tertiary/aromatic N) is 1. The normalized spacial score (nSPS) is 10.1. The standard InChI is InChI=1S/C13H19NO.C2H6/c1-11(2)13(15)10-14(3)9-12-7-5-4-6-8-12;1-2/h4-8,11H,9-10H2,1-3H3;1-2H3. The van der Waals surface area contributed by atoms with E-state index in [2.05, 4.69) is 17.0 Å². The highest BCUT2D eigenvalue weighted by atomic mass is 16.1. The lowest BCUT2D eigenvalue weighted by Crippen LogP contribution is -2.28. The zero-order chi connectivity index (χ0) is 13.3. The number of hydrogen-bond acceptors (Lipinski definition) is 2. The van der Waals surface area contributed by atoms with Crippen LogP contribution in [0.4, 0.5) is 0 Å². The van der Waals surface area contributed by atoms with Gasteiger partial charge in [0.25, 0.3) is 0 Å². The van der Waals surface area contributed by atoms with Gasteiger partial charge in [-0.3, -0.25) is 9.69 Å². The largest absolute Gasteiger partial charge is 0.298 e. The lowest BCUT2D eigenvalue weighted by Gasteiger charge is -2.16. The van der Waals surface area contributed by atoms with Crippen molar-refractivity contribution in [3.63, 3.8) is 0 Å². The number of rotatable bonds is 5. The van der Waals surface area contributed by atoms with Crippen LogP contribution in [0.5, 0.6) is 0 Å². The molecule has 0 atom stereocenters. The van der Waals surface area contributed by atoms with E-state index in [-0.39, 0.29) is 5.92 Å². The van der Waals surface area contributed by atoms with Crippen molar-refractivity contribution in [1.82, 2.24) is 4.90 Å². The zero-order valence-corrected chi connectivity index (χ0v) is 11.7. The van der Waals surface area contributed by atoms with E-state index in [4.69, 9.17) is 0 Å². The summed E-state index contributed by atoms with van der Waals surface area (Å²) in [5, 5.41) is 0. The molecule has 0 amide bonds. The smallest absolute Gasteiger partial charge is 0.149 e. The summed E-state index contributed by atoms with van der Waals surface area (Å²) in [7, 11) is 1.98. The fourth-order valence-electron chi connectivity index (χ4n) is 1.40. The monoisotopic (exact) mass is 235 g/mol. The minimum atomic E-state index is 0.128. The van der Waals surface area contributed by atoms with Crippen LogP contribution in [-0.4, -0.2) is 24.3 Å². The van der Waals surface area contributed by atoms with Crippen molar-refractivity contribution in [3.8, 4) is 0 Å². The summed E-state index contributed by atoms with van der Waals surface area (Å²) >= 11 is 0. The fraction of sp³-hybridized carbons (Fsp3) is 0.533. The summed E-state index contributed by atoms with van der Waals surface area (Å²) in [5.74, 6) is 0.427. The summed E-state index contributed by atoms with van der Waals surface area (Å²) in [6.07, 6.45) is 0. The van der Waals surface area contributed by atoms with Gasteiger partial charge >= 0.3 is 0 Å². The van der Waals surface area contributed by atoms with Gasteiger partial charge in [0.15, 0.2) is 0 Å². The minimum absolute atomic E-state index is 0.128. The molecule has 0 heterocycles. The van der Waals surface area contributed by atoms with Crippen LogP contribution >= 0.6 is 0 Å². The first-order valence-corrected chi connectivity index (χ1v) is 6.34. The first-order chi connectivity index (χ1) is 8.09. The van der Waals surface area contributed by atoms with Crippen molar-refractivity contribution >= 4 is 5.78 Å². The molecule has 0 bridgehead atoms. The van der Waals surface area contributed by atoms with Gasteiger partial charge in [-0.25, -0.2) is 0 Å². The Bertz CT molecular complexity index is 306. The second-order valence-corrected chi connectivity index (χ2v) is 4.28. The number of hydrogen-bond donors (Lipinski definition) is 0. The maximum atomic E-state index is 11.5. The molecule has 0 spiro atoms. The summed E-state index contributed by atoms with van der Waals surface area (Å²) < 4.78 is 0. The minimum Gasteiger partial charge on any atom is -0.298 e. The molecule has 0 saturated carbocycles. The molecule has 17 heavy (non-hydrogen) atoms. The summed E-state index contributed by atoms with van der Waals surface area (Å²) in [4.78, 5) is 13.6. The van der Waals surface area contributed by atoms with Crippen molar-refractivity contribution in [2.45, 2.75) is 34.2 Å². The first kappa shape index (κ1) is 15.9. The third-order valence-corrected chi connectivity index (χ3v) is 2.37. The van der Waals surface area contributed by atoms with Crippen LogP contribution in [0.1, 0.15) is 33.3 Å². The maximum absolute atomic E-state index is 11.5. The van der Waals surface area contributed by atoms with Crippen LogP contribution in [0.25, 0.3) is 0 Å². The molecule has 0 aliphatic heterocycles. The molecule has 0 radical (unpaired) electrons. The van der Waals surface area contributed by atoms with Crippen LogP contribution in [0.2, 0.25) is 0 Å². The van der Waals surface area contributed by atoms with Crippen LogP contribution in [0.3, 0.4) is 0 Å². The Balaban J connectivity index is 0.00000121. The first-order valence-electron chi connectivity index (χ1n) is 6.34. The van der Waals surface area contributed by atoms with Gasteiger partial charge < -0.3 is 0 Å². The quantitative estimate of drug-likeness (QED) is 0.780. The second-order valence-electron chi connectivity index (χ2n) is 4.28. The number of benzene rings is 1. The van der Waals surface area contributed by atoms with Gasteiger partial charge in [0.05, 0.1) is 6.54 Å². The molecular formula is C15H25NO. The summed E-state index contributed by atoms with van der Waals surface area (Å²) in [6, 6.07) is 10.2. The fourth-order valence-corrected chi connectivity index (χ4v) is 1.40. The lowest BCUT2D eigenvalue weighted by atomic mass is 10.1. The Morgan fingerprint density at radius 1 is 1.18 bits per heavy atom. The van der Waals surface area contributed by atoms with Crippen molar-refractivity contribution in [2.24, 2.45) is 5.92 Å². The molecule has 1 aromatic rings. The van der Waals surface area contributed by atoms with Gasteiger partial charge in [0.2, 0.25) is 0 Å². The van der Waals surface area contributed by atoms with E-state index in [1.807, 2.05) is 52.9 Å². The predicted octanol–water partition coefficient (Wildman–Crippen LogP) is 3.37. The maximum Gasteiger partial charge on any atom is 0.149 e. The molecule has 0 aliphatic rings. The molecule has 0 N–H and O–H groups in total. The van der Waals surface area contributed by atoms with E-state index in [1.165, 1.54) is 5.56 Å². The number of likely N-dealkylation sites (N-methyl/N-ethyl adjacent to an activating group) is 1. The van der Waals surface area contributed by atoms with E-state index in [9.17, 15) is 4.79 Å². The van der Waals surface area contributed by atoms with Crippen molar-refractivity contribution < 1.29 is 4.79 Å². The molecule has 0 unspecified atom stereocenters. The van der Waals surface area contributed by atoms with Crippen molar-refractivity contribution in [2.75, 3.05) is 13.6 Å². The Labute approximate surface area is 106 Å². The molecule has 0 saturated heterocycles. The number of carbonyl (C=O) groups is 1. The van der Waals surface area contributed by atoms with Gasteiger partial charge in [-0.15, -0.1) is 0 Å². The van der Waals surface area contributed by atoms with Crippen LogP contribution in [-0.2, 0) is 11.3 Å². The average Bonchev–Trinajstić information content (AvgIpc) is 2.32. The highest BCUT2D eigenvalue weighted by molar-refractivity contribution is 5.82.